The van der Waals surface area contributed by atoms with Gasteiger partial charge in [0.1, 0.15) is 16.5 Å². The zero-order valence-electron chi connectivity index (χ0n) is 14.4. The third-order valence-corrected chi connectivity index (χ3v) is 4.44. The van der Waals surface area contributed by atoms with Gasteiger partial charge in [-0.25, -0.2) is 4.98 Å². The molecule has 0 fully saturated rings. The van der Waals surface area contributed by atoms with Crippen LogP contribution in [0.25, 0.3) is 0 Å². The Hall–Kier alpha value is -1.92. The van der Waals surface area contributed by atoms with Crippen molar-refractivity contribution in [1.29, 1.82) is 0 Å². The van der Waals surface area contributed by atoms with Crippen molar-refractivity contribution in [2.45, 2.75) is 39.8 Å². The maximum Gasteiger partial charge on any atom is 0.271 e. The van der Waals surface area contributed by atoms with Gasteiger partial charge in [0.2, 0.25) is 0 Å². The van der Waals surface area contributed by atoms with Crippen molar-refractivity contribution < 1.29 is 9.53 Å². The summed E-state index contributed by atoms with van der Waals surface area (Å²) in [6.45, 7) is 7.16. The molecule has 0 aliphatic heterocycles. The highest BCUT2D eigenvalue weighted by Crippen LogP contribution is 2.30. The number of nitrogens with two attached hydrogens (primary N) is 1. The van der Waals surface area contributed by atoms with E-state index in [1.165, 1.54) is 11.3 Å². The van der Waals surface area contributed by atoms with Crippen LogP contribution in [-0.4, -0.2) is 17.5 Å². The third kappa shape index (κ3) is 4.79. The van der Waals surface area contributed by atoms with Gasteiger partial charge in [-0.15, -0.1) is 11.3 Å². The number of amides is 1. The van der Waals surface area contributed by atoms with Crippen LogP contribution in [0.2, 0.25) is 0 Å². The fourth-order valence-electron chi connectivity index (χ4n) is 2.53. The van der Waals surface area contributed by atoms with Crippen molar-refractivity contribution in [2.75, 3.05) is 6.61 Å². The van der Waals surface area contributed by atoms with Gasteiger partial charge in [-0.3, -0.25) is 4.79 Å². The van der Waals surface area contributed by atoms with Gasteiger partial charge in [0.15, 0.2) is 0 Å². The summed E-state index contributed by atoms with van der Waals surface area (Å²) < 4.78 is 5.73. The fraction of sp³-hybridized carbons (Fsp3) is 0.444. The van der Waals surface area contributed by atoms with Crippen LogP contribution in [0, 0.1) is 5.92 Å². The molecule has 5 nitrogen and oxygen atoms in total. The van der Waals surface area contributed by atoms with Crippen molar-refractivity contribution in [3.8, 4) is 5.75 Å². The van der Waals surface area contributed by atoms with Gasteiger partial charge < -0.3 is 15.8 Å². The Labute approximate surface area is 147 Å². The van der Waals surface area contributed by atoms with Gasteiger partial charge in [0.25, 0.3) is 5.91 Å². The van der Waals surface area contributed by atoms with Gasteiger partial charge in [0.05, 0.1) is 12.6 Å². The fourth-order valence-corrected chi connectivity index (χ4v) is 3.19. The molecule has 0 bridgehead atoms. The average Bonchev–Trinajstić information content (AvgIpc) is 3.04. The van der Waals surface area contributed by atoms with E-state index < -0.39 is 0 Å². The van der Waals surface area contributed by atoms with Crippen LogP contribution >= 0.6 is 11.3 Å². The minimum atomic E-state index is -0.178. The standard InChI is InChI=1S/C18H25N3O2S/c1-4-23-16-8-6-5-7-13(16)14(9-12(2)3)21-18(22)15-11-24-17(10-19)20-15/h5-8,11-12,14H,4,9-10,19H2,1-3H3,(H,21,22). The number of benzene rings is 1. The summed E-state index contributed by atoms with van der Waals surface area (Å²) in [4.78, 5) is 16.8. The lowest BCUT2D eigenvalue weighted by Gasteiger charge is -2.23. The van der Waals surface area contributed by atoms with E-state index in [-0.39, 0.29) is 11.9 Å². The van der Waals surface area contributed by atoms with Crippen LogP contribution in [0.4, 0.5) is 0 Å². The monoisotopic (exact) mass is 347 g/mol. The van der Waals surface area contributed by atoms with E-state index in [0.717, 1.165) is 22.7 Å². The first-order valence-electron chi connectivity index (χ1n) is 8.22. The number of carbonyl (C=O) groups excluding carboxylic acids is 1. The quantitative estimate of drug-likeness (QED) is 0.766. The van der Waals surface area contributed by atoms with Gasteiger partial charge in [-0.05, 0) is 25.3 Å². The van der Waals surface area contributed by atoms with Crippen molar-refractivity contribution in [2.24, 2.45) is 11.7 Å². The summed E-state index contributed by atoms with van der Waals surface area (Å²) in [7, 11) is 0. The summed E-state index contributed by atoms with van der Waals surface area (Å²) in [5.74, 6) is 1.06. The Morgan fingerprint density at radius 1 is 1.38 bits per heavy atom. The molecule has 1 aromatic heterocycles. The number of aromatic nitrogens is 1. The SMILES string of the molecule is CCOc1ccccc1C(CC(C)C)NC(=O)c1csc(CN)n1. The van der Waals surface area contributed by atoms with Crippen molar-refractivity contribution in [3.05, 3.63) is 45.9 Å². The smallest absolute Gasteiger partial charge is 0.271 e. The van der Waals surface area contributed by atoms with E-state index in [1.54, 1.807) is 5.38 Å². The van der Waals surface area contributed by atoms with Crippen LogP contribution in [0.5, 0.6) is 5.75 Å². The molecule has 0 spiro atoms. The molecule has 3 N–H and O–H groups in total. The highest BCUT2D eigenvalue weighted by molar-refractivity contribution is 7.09. The maximum absolute atomic E-state index is 12.6. The molecule has 2 aromatic rings. The molecule has 1 aromatic carbocycles. The predicted octanol–water partition coefficient (Wildman–Crippen LogP) is 3.52. The van der Waals surface area contributed by atoms with Crippen LogP contribution in [-0.2, 0) is 6.54 Å². The number of ether oxygens (including phenoxy) is 1. The Morgan fingerprint density at radius 3 is 2.75 bits per heavy atom. The molecule has 1 amide bonds. The number of thiazole rings is 1. The van der Waals surface area contributed by atoms with Crippen LogP contribution in [0.15, 0.2) is 29.6 Å². The third-order valence-electron chi connectivity index (χ3n) is 3.57. The molecule has 0 saturated carbocycles. The van der Waals surface area contributed by atoms with Gasteiger partial charge in [-0.2, -0.15) is 0 Å². The van der Waals surface area contributed by atoms with E-state index in [0.29, 0.717) is 24.8 Å². The molecule has 0 saturated heterocycles. The highest BCUT2D eigenvalue weighted by Gasteiger charge is 2.21. The van der Waals surface area contributed by atoms with Gasteiger partial charge in [-0.1, -0.05) is 32.0 Å². The van der Waals surface area contributed by atoms with E-state index in [9.17, 15) is 4.79 Å². The molecular formula is C18H25N3O2S. The lowest BCUT2D eigenvalue weighted by molar-refractivity contribution is 0.0927. The van der Waals surface area contributed by atoms with Crippen molar-refractivity contribution in [1.82, 2.24) is 10.3 Å². The first-order chi connectivity index (χ1) is 11.5. The zero-order chi connectivity index (χ0) is 17.5. The Balaban J connectivity index is 2.23. The number of rotatable bonds is 8. The molecule has 1 atom stereocenters. The second-order valence-corrected chi connectivity index (χ2v) is 6.90. The summed E-state index contributed by atoms with van der Waals surface area (Å²) in [5.41, 5.74) is 6.99. The summed E-state index contributed by atoms with van der Waals surface area (Å²) >= 11 is 1.40. The second-order valence-electron chi connectivity index (χ2n) is 5.96. The Morgan fingerprint density at radius 2 is 2.12 bits per heavy atom. The zero-order valence-corrected chi connectivity index (χ0v) is 15.2. The minimum absolute atomic E-state index is 0.122. The first kappa shape index (κ1) is 18.4. The number of nitrogens with one attached hydrogen (secondary N) is 1. The van der Waals surface area contributed by atoms with Gasteiger partial charge in [0, 0.05) is 17.5 Å². The molecule has 24 heavy (non-hydrogen) atoms. The summed E-state index contributed by atoms with van der Waals surface area (Å²) in [6.07, 6.45) is 0.823. The van der Waals surface area contributed by atoms with Crippen molar-refractivity contribution in [3.63, 3.8) is 0 Å². The van der Waals surface area contributed by atoms with Gasteiger partial charge >= 0.3 is 0 Å². The van der Waals surface area contributed by atoms with E-state index in [2.05, 4.69) is 24.1 Å². The Kier molecular flexibility index (Phi) is 6.75. The van der Waals surface area contributed by atoms with Crippen LogP contribution < -0.4 is 15.8 Å². The molecule has 130 valence electrons. The number of hydrogen-bond acceptors (Lipinski definition) is 5. The highest BCUT2D eigenvalue weighted by atomic mass is 32.1. The first-order valence-corrected chi connectivity index (χ1v) is 9.10. The normalized spacial score (nSPS) is 12.2. The van der Waals surface area contributed by atoms with Crippen molar-refractivity contribution >= 4 is 17.2 Å². The number of nitrogens with zero attached hydrogens (tertiary/aromatic N) is 1. The maximum atomic E-state index is 12.6. The largest absolute Gasteiger partial charge is 0.494 e. The summed E-state index contributed by atoms with van der Waals surface area (Å²) in [5, 5.41) is 5.61. The lowest BCUT2D eigenvalue weighted by Crippen LogP contribution is -2.30. The molecule has 1 unspecified atom stereocenters. The van der Waals surface area contributed by atoms with E-state index in [1.807, 2.05) is 31.2 Å². The van der Waals surface area contributed by atoms with Crippen LogP contribution in [0.1, 0.15) is 54.3 Å². The molecule has 0 radical (unpaired) electrons. The number of para-hydroxylation sites is 1. The average molecular weight is 347 g/mol. The molecule has 1 heterocycles. The predicted molar refractivity (Wildman–Crippen MR) is 97.3 cm³/mol. The van der Waals surface area contributed by atoms with Crippen LogP contribution in [0.3, 0.4) is 0 Å². The van der Waals surface area contributed by atoms with E-state index >= 15 is 0 Å². The number of carbonyl (C=O) groups is 1. The van der Waals surface area contributed by atoms with E-state index in [4.69, 9.17) is 10.5 Å². The summed E-state index contributed by atoms with van der Waals surface area (Å²) in [6, 6.07) is 7.73. The topological polar surface area (TPSA) is 77.2 Å². The lowest BCUT2D eigenvalue weighted by atomic mass is 9.96. The Bertz CT molecular complexity index is 670. The molecular weight excluding hydrogens is 322 g/mol. The minimum Gasteiger partial charge on any atom is -0.494 e. The molecule has 2 rings (SSSR count). The molecule has 0 aliphatic rings. The second kappa shape index (κ2) is 8.80. The number of hydrogen-bond donors (Lipinski definition) is 2. The molecule has 6 heteroatoms. The molecule has 0 aliphatic carbocycles.